The molecule has 0 unspecified atom stereocenters. The quantitative estimate of drug-likeness (QED) is 0.486. The number of aromatic nitrogens is 5. The molecule has 0 bridgehead atoms. The molecule has 1 aromatic carbocycles. The van der Waals surface area contributed by atoms with Crippen LogP contribution in [-0.2, 0) is 0 Å². The van der Waals surface area contributed by atoms with Crippen molar-refractivity contribution in [1.29, 1.82) is 0 Å². The molecule has 1 saturated carbocycles. The molecule has 7 heteroatoms. The Labute approximate surface area is 186 Å². The van der Waals surface area contributed by atoms with Crippen molar-refractivity contribution in [3.05, 3.63) is 72.4 Å². The van der Waals surface area contributed by atoms with E-state index in [9.17, 15) is 4.79 Å². The summed E-state index contributed by atoms with van der Waals surface area (Å²) in [6.45, 7) is 1.50. The largest absolute Gasteiger partial charge is 0.338 e. The Morgan fingerprint density at radius 2 is 1.75 bits per heavy atom. The van der Waals surface area contributed by atoms with E-state index in [4.69, 9.17) is 4.98 Å². The molecule has 1 saturated heterocycles. The molecule has 2 fully saturated rings. The summed E-state index contributed by atoms with van der Waals surface area (Å²) in [6, 6.07) is 13.9. The minimum atomic E-state index is 0.100. The van der Waals surface area contributed by atoms with Crippen molar-refractivity contribution in [2.24, 2.45) is 0 Å². The smallest absolute Gasteiger partial charge is 0.253 e. The van der Waals surface area contributed by atoms with Gasteiger partial charge in [-0.25, -0.2) is 14.6 Å². The molecule has 2 aliphatic rings. The van der Waals surface area contributed by atoms with Crippen molar-refractivity contribution in [1.82, 2.24) is 29.2 Å². The Balaban J connectivity index is 1.19. The van der Waals surface area contributed by atoms with Crippen molar-refractivity contribution < 1.29 is 4.79 Å². The second-order valence-electron chi connectivity index (χ2n) is 8.83. The van der Waals surface area contributed by atoms with Crippen LogP contribution in [0.1, 0.15) is 60.2 Å². The zero-order valence-corrected chi connectivity index (χ0v) is 18.0. The molecule has 0 atom stereocenters. The second-order valence-corrected chi connectivity index (χ2v) is 8.83. The maximum Gasteiger partial charge on any atom is 0.253 e. The summed E-state index contributed by atoms with van der Waals surface area (Å²) >= 11 is 0. The highest BCUT2D eigenvalue weighted by atomic mass is 16.2. The van der Waals surface area contributed by atoms with Crippen LogP contribution in [0, 0.1) is 0 Å². The number of amides is 1. The maximum absolute atomic E-state index is 13.1. The highest BCUT2D eigenvalue weighted by molar-refractivity contribution is 5.94. The average molecular weight is 427 g/mol. The lowest BCUT2D eigenvalue weighted by atomic mass is 9.84. The Hall–Kier alpha value is -3.48. The van der Waals surface area contributed by atoms with Crippen molar-refractivity contribution in [3.8, 4) is 5.69 Å². The number of carbonyl (C=O) groups is 1. The van der Waals surface area contributed by atoms with E-state index >= 15 is 0 Å². The van der Waals surface area contributed by atoms with E-state index in [-0.39, 0.29) is 5.91 Å². The number of hydrogen-bond acceptors (Lipinski definition) is 4. The van der Waals surface area contributed by atoms with E-state index in [0.717, 1.165) is 48.3 Å². The molecule has 1 aliphatic heterocycles. The molecule has 1 aliphatic carbocycles. The first-order valence-corrected chi connectivity index (χ1v) is 11.5. The van der Waals surface area contributed by atoms with Gasteiger partial charge in [-0.3, -0.25) is 4.79 Å². The number of benzene rings is 1. The van der Waals surface area contributed by atoms with Crippen molar-refractivity contribution in [2.45, 2.75) is 44.1 Å². The highest BCUT2D eigenvalue weighted by Gasteiger charge is 2.32. The van der Waals surface area contributed by atoms with Gasteiger partial charge in [-0.05, 0) is 68.1 Å². The fraction of sp³-hybridized carbons (Fsp3) is 0.360. The molecule has 6 rings (SSSR count). The van der Waals surface area contributed by atoms with E-state index in [1.165, 1.54) is 25.1 Å². The third kappa shape index (κ3) is 3.28. The molecule has 3 aromatic heterocycles. The molecule has 0 radical (unpaired) electrons. The predicted octanol–water partition coefficient (Wildman–Crippen LogP) is 4.36. The van der Waals surface area contributed by atoms with Gasteiger partial charge in [0.15, 0.2) is 5.65 Å². The fourth-order valence-corrected chi connectivity index (χ4v) is 4.95. The molecular weight excluding hydrogens is 400 g/mol. The van der Waals surface area contributed by atoms with Crippen molar-refractivity contribution in [2.75, 3.05) is 13.1 Å². The number of nitrogens with zero attached hydrogens (tertiary/aromatic N) is 6. The summed E-state index contributed by atoms with van der Waals surface area (Å²) in [5, 5.41) is 4.24. The minimum Gasteiger partial charge on any atom is -0.338 e. The van der Waals surface area contributed by atoms with Crippen LogP contribution in [0.25, 0.3) is 16.9 Å². The Morgan fingerprint density at radius 3 is 2.44 bits per heavy atom. The maximum atomic E-state index is 13.1. The van der Waals surface area contributed by atoms with Gasteiger partial charge in [0.2, 0.25) is 0 Å². The first-order chi connectivity index (χ1) is 15.8. The third-order valence-corrected chi connectivity index (χ3v) is 6.95. The van der Waals surface area contributed by atoms with Crippen LogP contribution < -0.4 is 0 Å². The van der Waals surface area contributed by atoms with Gasteiger partial charge in [0.1, 0.15) is 11.3 Å². The van der Waals surface area contributed by atoms with Gasteiger partial charge in [0.05, 0.1) is 5.69 Å². The second kappa shape index (κ2) is 7.89. The van der Waals surface area contributed by atoms with Crippen molar-refractivity contribution >= 4 is 17.1 Å². The van der Waals surface area contributed by atoms with Crippen LogP contribution >= 0.6 is 0 Å². The molecular formula is C25H26N6O. The van der Waals surface area contributed by atoms with Gasteiger partial charge < -0.3 is 9.47 Å². The molecule has 1 amide bonds. The van der Waals surface area contributed by atoms with Crippen LogP contribution in [0.5, 0.6) is 0 Å². The first-order valence-electron chi connectivity index (χ1n) is 11.5. The van der Waals surface area contributed by atoms with Crippen molar-refractivity contribution in [3.63, 3.8) is 0 Å². The molecule has 7 nitrogen and oxygen atoms in total. The Morgan fingerprint density at radius 1 is 0.938 bits per heavy atom. The number of imidazole rings is 1. The first kappa shape index (κ1) is 19.2. The van der Waals surface area contributed by atoms with Gasteiger partial charge in [-0.1, -0.05) is 6.42 Å². The molecule has 0 N–H and O–H groups in total. The van der Waals surface area contributed by atoms with Gasteiger partial charge in [0, 0.05) is 49.2 Å². The van der Waals surface area contributed by atoms with Crippen LogP contribution in [0.3, 0.4) is 0 Å². The summed E-state index contributed by atoms with van der Waals surface area (Å²) in [6.07, 6.45) is 11.1. The normalized spacial score (nSPS) is 17.6. The summed E-state index contributed by atoms with van der Waals surface area (Å²) < 4.78 is 4.18. The van der Waals surface area contributed by atoms with Crippen LogP contribution in [0.4, 0.5) is 0 Å². The SMILES string of the molecule is O=C(c1ccc(-n2cccn2)cc1)N1CCC(n2c(C3CCC3)nc3cccnc32)CC1. The number of rotatable bonds is 4. The van der Waals surface area contributed by atoms with E-state index < -0.39 is 0 Å². The van der Waals surface area contributed by atoms with Crippen LogP contribution in [0.15, 0.2) is 61.1 Å². The third-order valence-electron chi connectivity index (χ3n) is 6.95. The van der Waals surface area contributed by atoms with Gasteiger partial charge in [0.25, 0.3) is 5.91 Å². The monoisotopic (exact) mass is 426 g/mol. The predicted molar refractivity (Wildman–Crippen MR) is 122 cm³/mol. The number of piperidine rings is 1. The van der Waals surface area contributed by atoms with Gasteiger partial charge in [-0.2, -0.15) is 5.10 Å². The molecule has 162 valence electrons. The van der Waals surface area contributed by atoms with Crippen LogP contribution in [0.2, 0.25) is 0 Å². The summed E-state index contributed by atoms with van der Waals surface area (Å²) in [4.78, 5) is 24.7. The summed E-state index contributed by atoms with van der Waals surface area (Å²) in [7, 11) is 0. The van der Waals surface area contributed by atoms with E-state index in [0.29, 0.717) is 12.0 Å². The average Bonchev–Trinajstić information content (AvgIpc) is 3.46. The lowest BCUT2D eigenvalue weighted by Crippen LogP contribution is -2.39. The zero-order valence-electron chi connectivity index (χ0n) is 18.0. The highest BCUT2D eigenvalue weighted by Crippen LogP contribution is 2.39. The molecule has 4 aromatic rings. The van der Waals surface area contributed by atoms with E-state index in [2.05, 4.69) is 20.7 Å². The fourth-order valence-electron chi connectivity index (χ4n) is 4.95. The topological polar surface area (TPSA) is 68.8 Å². The molecule has 32 heavy (non-hydrogen) atoms. The zero-order chi connectivity index (χ0) is 21.5. The Kier molecular flexibility index (Phi) is 4.74. The minimum absolute atomic E-state index is 0.100. The van der Waals surface area contributed by atoms with E-state index in [1.54, 1.807) is 10.9 Å². The number of carbonyl (C=O) groups excluding carboxylic acids is 1. The summed E-state index contributed by atoms with van der Waals surface area (Å²) in [5.74, 6) is 1.85. The lowest BCUT2D eigenvalue weighted by Gasteiger charge is -2.35. The van der Waals surface area contributed by atoms with Gasteiger partial charge in [-0.15, -0.1) is 0 Å². The number of hydrogen-bond donors (Lipinski definition) is 0. The lowest BCUT2D eigenvalue weighted by molar-refractivity contribution is 0.0694. The molecule has 4 heterocycles. The Bertz CT molecular complexity index is 1230. The summed E-state index contributed by atoms with van der Waals surface area (Å²) in [5.41, 5.74) is 3.66. The number of likely N-dealkylation sites (tertiary alicyclic amines) is 1. The van der Waals surface area contributed by atoms with Gasteiger partial charge >= 0.3 is 0 Å². The van der Waals surface area contributed by atoms with Crippen LogP contribution in [-0.4, -0.2) is 48.2 Å². The number of pyridine rings is 1. The number of fused-ring (bicyclic) bond motifs is 1. The standard InChI is InChI=1S/C25H26N6O/c32-25(19-7-9-20(10-8-19)30-15-3-14-27-30)29-16-11-21(12-17-29)31-23(18-4-1-5-18)28-22-6-2-13-26-24(22)31/h2-3,6-10,13-15,18,21H,1,4-5,11-12,16-17H2. The molecule has 0 spiro atoms. The van der Waals surface area contributed by atoms with E-state index in [1.807, 2.05) is 53.7 Å².